The normalized spacial score (nSPS) is 15.7. The summed E-state index contributed by atoms with van der Waals surface area (Å²) in [6.45, 7) is 0.612. The molecule has 0 radical (unpaired) electrons. The van der Waals surface area contributed by atoms with E-state index in [4.69, 9.17) is 0 Å². The lowest BCUT2D eigenvalue weighted by atomic mass is 9.64. The van der Waals surface area contributed by atoms with Crippen LogP contribution in [0.2, 0.25) is 0 Å². The number of aromatic nitrogens is 2. The van der Waals surface area contributed by atoms with Gasteiger partial charge in [0.15, 0.2) is 0 Å². The highest BCUT2D eigenvalue weighted by atomic mass is 79.9. The number of nitrogens with one attached hydrogen (secondary N) is 1. The monoisotopic (exact) mass is 397 g/mol. The lowest BCUT2D eigenvalue weighted by Gasteiger charge is -2.40. The maximum absolute atomic E-state index is 12.8. The zero-order valence-corrected chi connectivity index (χ0v) is 15.5. The fourth-order valence-electron chi connectivity index (χ4n) is 3.53. The molecular formula is C20H20BrN3O. The minimum atomic E-state index is -0.348. The van der Waals surface area contributed by atoms with E-state index in [2.05, 4.69) is 38.4 Å². The molecule has 1 fully saturated rings. The number of nitrogens with zero attached hydrogens (tertiary/aromatic N) is 2. The molecule has 3 aromatic rings. The molecule has 2 aromatic heterocycles. The summed E-state index contributed by atoms with van der Waals surface area (Å²) in [7, 11) is 0. The number of imidazole rings is 1. The second-order valence-electron chi connectivity index (χ2n) is 6.65. The Labute approximate surface area is 155 Å². The fraction of sp³-hybridized carbons (Fsp3) is 0.300. The van der Waals surface area contributed by atoms with E-state index in [1.165, 1.54) is 0 Å². The average Bonchev–Trinajstić information content (AvgIpc) is 2.98. The van der Waals surface area contributed by atoms with Gasteiger partial charge >= 0.3 is 0 Å². The van der Waals surface area contributed by atoms with E-state index in [9.17, 15) is 4.79 Å². The van der Waals surface area contributed by atoms with Crippen molar-refractivity contribution in [2.45, 2.75) is 31.1 Å². The molecule has 1 aliphatic carbocycles. The largest absolute Gasteiger partial charge is 0.355 e. The highest BCUT2D eigenvalue weighted by molar-refractivity contribution is 9.10. The van der Waals surface area contributed by atoms with Crippen LogP contribution in [0, 0.1) is 0 Å². The number of pyridine rings is 1. The number of carbonyl (C=O) groups is 1. The molecule has 128 valence electrons. The van der Waals surface area contributed by atoms with Crippen molar-refractivity contribution in [1.29, 1.82) is 0 Å². The molecule has 0 bridgehead atoms. The summed E-state index contributed by atoms with van der Waals surface area (Å²) in [5.74, 6) is 0.143. The van der Waals surface area contributed by atoms with Gasteiger partial charge in [0.2, 0.25) is 5.91 Å². The maximum atomic E-state index is 12.8. The molecule has 0 atom stereocenters. The number of benzene rings is 1. The molecule has 4 rings (SSSR count). The third-order valence-electron chi connectivity index (χ3n) is 5.12. The van der Waals surface area contributed by atoms with Crippen molar-refractivity contribution < 1.29 is 4.79 Å². The van der Waals surface area contributed by atoms with Gasteiger partial charge in [-0.25, -0.2) is 4.98 Å². The molecule has 4 nitrogen and oxygen atoms in total. The number of halogens is 1. The fourth-order valence-corrected chi connectivity index (χ4v) is 3.79. The third-order valence-corrected chi connectivity index (χ3v) is 5.65. The second kappa shape index (κ2) is 6.64. The number of hydrogen-bond donors (Lipinski definition) is 1. The van der Waals surface area contributed by atoms with E-state index in [-0.39, 0.29) is 11.3 Å². The van der Waals surface area contributed by atoms with E-state index in [0.717, 1.165) is 47.1 Å². The summed E-state index contributed by atoms with van der Waals surface area (Å²) in [4.78, 5) is 17.4. The predicted molar refractivity (Wildman–Crippen MR) is 102 cm³/mol. The van der Waals surface area contributed by atoms with Crippen LogP contribution < -0.4 is 5.32 Å². The Morgan fingerprint density at radius 1 is 1.20 bits per heavy atom. The summed E-state index contributed by atoms with van der Waals surface area (Å²) in [5.41, 5.74) is 2.71. The van der Waals surface area contributed by atoms with Gasteiger partial charge in [0.25, 0.3) is 0 Å². The summed E-state index contributed by atoms with van der Waals surface area (Å²) in [6, 6.07) is 14.1. The summed E-state index contributed by atoms with van der Waals surface area (Å²) >= 11 is 3.46. The van der Waals surface area contributed by atoms with Crippen LogP contribution >= 0.6 is 15.9 Å². The first-order chi connectivity index (χ1) is 12.2. The molecule has 0 saturated heterocycles. The highest BCUT2D eigenvalue weighted by Gasteiger charge is 2.45. The predicted octanol–water partition coefficient (Wildman–Crippen LogP) is 3.88. The van der Waals surface area contributed by atoms with E-state index in [1.54, 1.807) is 0 Å². The van der Waals surface area contributed by atoms with Crippen molar-refractivity contribution in [1.82, 2.24) is 14.7 Å². The van der Waals surface area contributed by atoms with Crippen molar-refractivity contribution in [3.05, 3.63) is 70.6 Å². The zero-order valence-electron chi connectivity index (χ0n) is 13.9. The van der Waals surface area contributed by atoms with Gasteiger partial charge in [-0.05, 0) is 42.7 Å². The van der Waals surface area contributed by atoms with Gasteiger partial charge < -0.3 is 9.72 Å². The quantitative estimate of drug-likeness (QED) is 0.709. The third kappa shape index (κ3) is 3.09. The van der Waals surface area contributed by atoms with Crippen LogP contribution in [0.25, 0.3) is 5.65 Å². The Kier molecular flexibility index (Phi) is 4.34. The molecule has 1 N–H and O–H groups in total. The van der Waals surface area contributed by atoms with Gasteiger partial charge in [-0.1, -0.05) is 40.5 Å². The summed E-state index contributed by atoms with van der Waals surface area (Å²) < 4.78 is 3.05. The lowest BCUT2D eigenvalue weighted by Crippen LogP contribution is -2.49. The van der Waals surface area contributed by atoms with Gasteiger partial charge in [0.05, 0.1) is 11.1 Å². The summed E-state index contributed by atoms with van der Waals surface area (Å²) in [6.07, 6.45) is 7.71. The zero-order chi connectivity index (χ0) is 17.3. The lowest BCUT2D eigenvalue weighted by molar-refractivity contribution is -0.129. The molecule has 1 aromatic carbocycles. The van der Waals surface area contributed by atoms with Crippen molar-refractivity contribution in [3.8, 4) is 0 Å². The van der Waals surface area contributed by atoms with E-state index in [1.807, 2.05) is 47.1 Å². The van der Waals surface area contributed by atoms with Crippen LogP contribution in [0.5, 0.6) is 0 Å². The second-order valence-corrected chi connectivity index (χ2v) is 7.56. The molecule has 0 unspecified atom stereocenters. The van der Waals surface area contributed by atoms with Gasteiger partial charge in [-0.15, -0.1) is 0 Å². The molecule has 1 saturated carbocycles. The van der Waals surface area contributed by atoms with Crippen molar-refractivity contribution in [3.63, 3.8) is 0 Å². The van der Waals surface area contributed by atoms with Gasteiger partial charge in [-0.2, -0.15) is 0 Å². The first-order valence-electron chi connectivity index (χ1n) is 8.64. The Morgan fingerprint density at radius 3 is 2.68 bits per heavy atom. The molecule has 1 amide bonds. The van der Waals surface area contributed by atoms with E-state index < -0.39 is 0 Å². The van der Waals surface area contributed by atoms with E-state index in [0.29, 0.717) is 6.54 Å². The molecule has 5 heteroatoms. The van der Waals surface area contributed by atoms with Crippen molar-refractivity contribution in [2.75, 3.05) is 6.54 Å². The van der Waals surface area contributed by atoms with Crippen molar-refractivity contribution in [2.24, 2.45) is 0 Å². The Hall–Kier alpha value is -2.14. The van der Waals surface area contributed by atoms with Crippen LogP contribution in [0.1, 0.15) is 30.5 Å². The van der Waals surface area contributed by atoms with Crippen LogP contribution in [0.3, 0.4) is 0 Å². The van der Waals surface area contributed by atoms with Crippen LogP contribution in [-0.4, -0.2) is 21.8 Å². The Balaban J connectivity index is 1.41. The van der Waals surface area contributed by atoms with Crippen LogP contribution in [0.4, 0.5) is 0 Å². The number of rotatable bonds is 5. The SMILES string of the molecule is O=C(NCCc1cn2ccccc2n1)C1(c2ccc(Br)cc2)CCC1. The molecular weight excluding hydrogens is 378 g/mol. The molecule has 2 heterocycles. The average molecular weight is 398 g/mol. The highest BCUT2D eigenvalue weighted by Crippen LogP contribution is 2.44. The molecule has 1 aliphatic rings. The first kappa shape index (κ1) is 16.3. The van der Waals surface area contributed by atoms with Gasteiger partial charge in [0.1, 0.15) is 5.65 Å². The van der Waals surface area contributed by atoms with Crippen LogP contribution in [-0.2, 0) is 16.6 Å². The van der Waals surface area contributed by atoms with Gasteiger partial charge in [-0.3, -0.25) is 4.79 Å². The number of hydrogen-bond acceptors (Lipinski definition) is 2. The van der Waals surface area contributed by atoms with E-state index >= 15 is 0 Å². The standard InChI is InChI=1S/C20H20BrN3O/c21-16-7-5-15(6-8-16)20(10-3-11-20)19(25)22-12-9-17-14-24-13-2-1-4-18(24)23-17/h1-2,4-8,13-14H,3,9-12H2,(H,22,25). The number of carbonyl (C=O) groups excluding carboxylic acids is 1. The Morgan fingerprint density at radius 2 is 2.00 bits per heavy atom. The Bertz CT molecular complexity index is 864. The van der Waals surface area contributed by atoms with Gasteiger partial charge in [0, 0.05) is 29.8 Å². The minimum absolute atomic E-state index is 0.143. The first-order valence-corrected chi connectivity index (χ1v) is 9.44. The van der Waals surface area contributed by atoms with Crippen molar-refractivity contribution >= 4 is 27.5 Å². The smallest absolute Gasteiger partial charge is 0.230 e. The summed E-state index contributed by atoms with van der Waals surface area (Å²) in [5, 5.41) is 3.13. The molecule has 0 aliphatic heterocycles. The maximum Gasteiger partial charge on any atom is 0.230 e. The topological polar surface area (TPSA) is 46.4 Å². The minimum Gasteiger partial charge on any atom is -0.355 e. The number of fused-ring (bicyclic) bond motifs is 1. The molecule has 25 heavy (non-hydrogen) atoms. The number of amides is 1. The van der Waals surface area contributed by atoms with Crippen LogP contribution in [0.15, 0.2) is 59.3 Å². The molecule has 0 spiro atoms.